The Kier molecular flexibility index (Phi) is 4.54. The first kappa shape index (κ1) is 14.4. The van der Waals surface area contributed by atoms with Gasteiger partial charge in [-0.15, -0.1) is 0 Å². The molecule has 3 N–H and O–H groups in total. The Hall–Kier alpha value is -0.980. The van der Waals surface area contributed by atoms with Crippen LogP contribution in [0.4, 0.5) is 11.4 Å². The second-order valence-electron chi connectivity index (χ2n) is 3.81. The lowest BCUT2D eigenvalue weighted by atomic mass is 10.1. The van der Waals surface area contributed by atoms with Crippen molar-refractivity contribution in [3.05, 3.63) is 55.6 Å². The summed E-state index contributed by atoms with van der Waals surface area (Å²) in [6.07, 6.45) is 0. The largest absolute Gasteiger partial charge is 0.398 e. The molecular weight excluding hydrogens is 398 g/mol. The van der Waals surface area contributed by atoms with Crippen molar-refractivity contribution in [1.82, 2.24) is 0 Å². The van der Waals surface area contributed by atoms with Gasteiger partial charge in [-0.25, -0.2) is 0 Å². The molecule has 0 atom stereocenters. The van der Waals surface area contributed by atoms with E-state index in [1.54, 1.807) is 30.3 Å². The maximum atomic E-state index is 12.1. The summed E-state index contributed by atoms with van der Waals surface area (Å²) in [5, 5.41) is 3.86. The van der Waals surface area contributed by atoms with Crippen LogP contribution in [0.1, 0.15) is 10.4 Å². The van der Waals surface area contributed by atoms with Gasteiger partial charge in [-0.2, -0.15) is 0 Å². The molecule has 2 rings (SSSR count). The molecule has 0 bridgehead atoms. The third-order valence-electron chi connectivity index (χ3n) is 2.44. The molecule has 1 amide bonds. The fourth-order valence-corrected chi connectivity index (χ4v) is 2.68. The summed E-state index contributed by atoms with van der Waals surface area (Å²) in [5.41, 5.74) is 7.17. The topological polar surface area (TPSA) is 55.1 Å². The Morgan fingerprint density at radius 2 is 1.74 bits per heavy atom. The van der Waals surface area contributed by atoms with Gasteiger partial charge in [-0.1, -0.05) is 23.2 Å². The number of nitrogens with one attached hydrogen (secondary N) is 1. The van der Waals surface area contributed by atoms with E-state index in [0.29, 0.717) is 27.0 Å². The van der Waals surface area contributed by atoms with E-state index in [9.17, 15) is 4.79 Å². The van der Waals surface area contributed by atoms with Crippen LogP contribution < -0.4 is 11.1 Å². The second kappa shape index (κ2) is 5.98. The molecule has 0 saturated heterocycles. The fraction of sp³-hybridized carbons (Fsp3) is 0. The van der Waals surface area contributed by atoms with E-state index in [1.807, 2.05) is 0 Å². The van der Waals surface area contributed by atoms with Crippen molar-refractivity contribution >= 4 is 63.1 Å². The number of benzene rings is 2. The smallest absolute Gasteiger partial charge is 0.257 e. The van der Waals surface area contributed by atoms with Gasteiger partial charge in [-0.3, -0.25) is 4.79 Å². The van der Waals surface area contributed by atoms with Crippen LogP contribution in [0, 0.1) is 3.57 Å². The lowest BCUT2D eigenvalue weighted by molar-refractivity contribution is 0.102. The van der Waals surface area contributed by atoms with Crippen LogP contribution in [-0.2, 0) is 0 Å². The molecule has 0 aromatic heterocycles. The maximum Gasteiger partial charge on any atom is 0.257 e. The van der Waals surface area contributed by atoms with E-state index in [2.05, 4.69) is 27.9 Å². The summed E-state index contributed by atoms with van der Waals surface area (Å²) in [6, 6.07) is 9.99. The monoisotopic (exact) mass is 406 g/mol. The minimum Gasteiger partial charge on any atom is -0.398 e. The first-order valence-corrected chi connectivity index (χ1v) is 7.12. The zero-order valence-corrected chi connectivity index (χ0v) is 13.3. The minimum atomic E-state index is -0.305. The van der Waals surface area contributed by atoms with Gasteiger partial charge >= 0.3 is 0 Å². The zero-order valence-electron chi connectivity index (χ0n) is 9.58. The summed E-state index contributed by atoms with van der Waals surface area (Å²) < 4.78 is 0.846. The number of carbonyl (C=O) groups is 1. The van der Waals surface area contributed by atoms with Crippen molar-refractivity contribution in [3.8, 4) is 0 Å². The molecule has 2 aromatic carbocycles. The molecule has 6 heteroatoms. The first-order valence-electron chi connectivity index (χ1n) is 5.29. The van der Waals surface area contributed by atoms with Gasteiger partial charge in [0.1, 0.15) is 0 Å². The number of hydrogen-bond donors (Lipinski definition) is 2. The van der Waals surface area contributed by atoms with Crippen LogP contribution in [0.15, 0.2) is 36.4 Å². The second-order valence-corrected chi connectivity index (χ2v) is 5.84. The lowest BCUT2D eigenvalue weighted by Gasteiger charge is -2.09. The number of nitrogens with two attached hydrogens (primary N) is 1. The number of halogens is 3. The average molecular weight is 407 g/mol. The highest BCUT2D eigenvalue weighted by Gasteiger charge is 2.12. The van der Waals surface area contributed by atoms with Crippen molar-refractivity contribution in [1.29, 1.82) is 0 Å². The Balaban J connectivity index is 2.28. The summed E-state index contributed by atoms with van der Waals surface area (Å²) in [4.78, 5) is 12.1. The molecule has 0 fully saturated rings. The first-order chi connectivity index (χ1) is 8.97. The van der Waals surface area contributed by atoms with Crippen LogP contribution in [0.2, 0.25) is 10.0 Å². The third kappa shape index (κ3) is 3.52. The van der Waals surface area contributed by atoms with E-state index in [-0.39, 0.29) is 5.91 Å². The van der Waals surface area contributed by atoms with Crippen LogP contribution in [0.25, 0.3) is 0 Å². The molecule has 0 aliphatic carbocycles. The predicted octanol–water partition coefficient (Wildman–Crippen LogP) is 4.43. The standard InChI is InChI=1S/C13H9Cl2IN2O/c14-7-1-3-11(17)9(5-7)13(19)18-12-4-2-8(15)6-10(12)16/h1-6H,17H2,(H,18,19). The van der Waals surface area contributed by atoms with Gasteiger partial charge in [-0.05, 0) is 59.0 Å². The fourth-order valence-electron chi connectivity index (χ4n) is 1.51. The molecule has 0 saturated carbocycles. The maximum absolute atomic E-state index is 12.1. The molecule has 3 nitrogen and oxygen atoms in total. The van der Waals surface area contributed by atoms with Crippen molar-refractivity contribution in [2.24, 2.45) is 0 Å². The number of nitrogen functional groups attached to an aromatic ring is 1. The van der Waals surface area contributed by atoms with E-state index in [0.717, 1.165) is 3.57 Å². The zero-order chi connectivity index (χ0) is 14.0. The van der Waals surface area contributed by atoms with Crippen LogP contribution >= 0.6 is 45.8 Å². The van der Waals surface area contributed by atoms with E-state index in [1.165, 1.54) is 6.07 Å². The van der Waals surface area contributed by atoms with E-state index >= 15 is 0 Å². The highest BCUT2D eigenvalue weighted by atomic mass is 127. The minimum absolute atomic E-state index is 0.305. The summed E-state index contributed by atoms with van der Waals surface area (Å²) in [7, 11) is 0. The normalized spacial score (nSPS) is 10.3. The van der Waals surface area contributed by atoms with E-state index in [4.69, 9.17) is 28.9 Å². The van der Waals surface area contributed by atoms with Gasteiger partial charge in [0.05, 0.1) is 11.3 Å². The molecule has 0 aliphatic heterocycles. The molecule has 0 spiro atoms. The molecule has 98 valence electrons. The molecule has 0 unspecified atom stereocenters. The molecule has 0 radical (unpaired) electrons. The number of carbonyl (C=O) groups excluding carboxylic acids is 1. The van der Waals surface area contributed by atoms with Crippen LogP contribution in [-0.4, -0.2) is 5.91 Å². The Morgan fingerprint density at radius 3 is 2.42 bits per heavy atom. The summed E-state index contributed by atoms with van der Waals surface area (Å²) >= 11 is 13.8. The quantitative estimate of drug-likeness (QED) is 0.572. The van der Waals surface area contributed by atoms with Crippen molar-refractivity contribution < 1.29 is 4.79 Å². The van der Waals surface area contributed by atoms with Gasteiger partial charge < -0.3 is 11.1 Å². The predicted molar refractivity (Wildman–Crippen MR) is 88.0 cm³/mol. The van der Waals surface area contributed by atoms with Crippen LogP contribution in [0.5, 0.6) is 0 Å². The number of hydrogen-bond acceptors (Lipinski definition) is 2. The Morgan fingerprint density at radius 1 is 1.11 bits per heavy atom. The highest BCUT2D eigenvalue weighted by Crippen LogP contribution is 2.24. The summed E-state index contributed by atoms with van der Waals surface area (Å²) in [6.45, 7) is 0. The molecule has 2 aromatic rings. The Bertz CT molecular complexity index is 647. The molecule has 19 heavy (non-hydrogen) atoms. The van der Waals surface area contributed by atoms with Gasteiger partial charge in [0.2, 0.25) is 0 Å². The van der Waals surface area contributed by atoms with Crippen LogP contribution in [0.3, 0.4) is 0 Å². The van der Waals surface area contributed by atoms with Crippen molar-refractivity contribution in [2.45, 2.75) is 0 Å². The van der Waals surface area contributed by atoms with E-state index < -0.39 is 0 Å². The van der Waals surface area contributed by atoms with Gasteiger partial charge in [0, 0.05) is 19.3 Å². The Labute approximate surface area is 134 Å². The van der Waals surface area contributed by atoms with Gasteiger partial charge in [0.25, 0.3) is 5.91 Å². The third-order valence-corrected chi connectivity index (χ3v) is 3.80. The average Bonchev–Trinajstić information content (AvgIpc) is 2.35. The summed E-state index contributed by atoms with van der Waals surface area (Å²) in [5.74, 6) is -0.305. The highest BCUT2D eigenvalue weighted by molar-refractivity contribution is 14.1. The number of amides is 1. The number of rotatable bonds is 2. The molecule has 0 aliphatic rings. The SMILES string of the molecule is Nc1ccc(Cl)cc1C(=O)Nc1ccc(Cl)cc1I. The molecule has 0 heterocycles. The van der Waals surface area contributed by atoms with Crippen molar-refractivity contribution in [3.63, 3.8) is 0 Å². The number of anilines is 2. The van der Waals surface area contributed by atoms with Gasteiger partial charge in [0.15, 0.2) is 0 Å². The van der Waals surface area contributed by atoms with Crippen molar-refractivity contribution in [2.75, 3.05) is 11.1 Å². The molecular formula is C13H9Cl2IN2O. The lowest BCUT2D eigenvalue weighted by Crippen LogP contribution is -2.14.